The molecule has 6 unspecified atom stereocenters. The van der Waals surface area contributed by atoms with Crippen molar-refractivity contribution in [2.24, 2.45) is 0 Å². The number of carbonyl (C=O) groups excluding carboxylic acids is 1. The van der Waals surface area contributed by atoms with Crippen molar-refractivity contribution < 1.29 is 54.1 Å². The van der Waals surface area contributed by atoms with Gasteiger partial charge in [0.2, 0.25) is 5.91 Å². The van der Waals surface area contributed by atoms with Crippen LogP contribution in [0.5, 0.6) is 0 Å². The van der Waals surface area contributed by atoms with Crippen LogP contribution in [0, 0.1) is 0 Å². The van der Waals surface area contributed by atoms with Crippen LogP contribution < -0.4 is 5.32 Å². The molecule has 0 radical (unpaired) electrons. The molecule has 2 fully saturated rings. The summed E-state index contributed by atoms with van der Waals surface area (Å²) in [7, 11) is 1.15. The number of rotatable bonds is 5. The summed E-state index contributed by atoms with van der Waals surface area (Å²) in [4.78, 5) is 22.8. The minimum absolute atomic E-state index is 0.550. The number of aliphatic carboxylic acids is 1. The summed E-state index contributed by atoms with van der Waals surface area (Å²) in [6.07, 6.45) is -13.2. The second-order valence-electron chi connectivity index (χ2n) is 6.49. The van der Waals surface area contributed by atoms with Gasteiger partial charge in [0.05, 0.1) is 6.10 Å². The lowest BCUT2D eigenvalue weighted by atomic mass is 9.95. The Bertz CT molecular complexity index is 546. The predicted molar refractivity (Wildman–Crippen MR) is 84.1 cm³/mol. The fourth-order valence-corrected chi connectivity index (χ4v) is 3.15. The molecule has 0 aromatic rings. The molecule has 0 aromatic carbocycles. The van der Waals surface area contributed by atoms with Gasteiger partial charge in [-0.25, -0.2) is 4.79 Å². The fraction of sp³-hybridized carbons (Fsp3) is 0.867. The van der Waals surface area contributed by atoms with E-state index in [1.54, 1.807) is 0 Å². The highest BCUT2D eigenvalue weighted by Crippen LogP contribution is 2.29. The van der Waals surface area contributed by atoms with E-state index in [0.29, 0.717) is 0 Å². The molecule has 156 valence electrons. The Balaban J connectivity index is 2.24. The first-order valence-corrected chi connectivity index (χ1v) is 8.29. The maximum atomic E-state index is 11.4. The first-order chi connectivity index (χ1) is 12.6. The van der Waals surface area contributed by atoms with E-state index in [4.69, 9.17) is 18.9 Å². The number of carboxylic acid groups (broad SMARTS) is 1. The minimum atomic E-state index is -1.72. The Morgan fingerprint density at radius 1 is 1.00 bits per heavy atom. The fourth-order valence-electron chi connectivity index (χ4n) is 3.15. The lowest BCUT2D eigenvalue weighted by Crippen LogP contribution is -2.67. The molecule has 12 nitrogen and oxygen atoms in total. The van der Waals surface area contributed by atoms with E-state index in [9.17, 15) is 35.1 Å². The molecule has 2 rings (SSSR count). The van der Waals surface area contributed by atoms with E-state index in [2.05, 4.69) is 5.32 Å². The van der Waals surface area contributed by atoms with Crippen LogP contribution in [-0.2, 0) is 28.5 Å². The van der Waals surface area contributed by atoms with E-state index >= 15 is 0 Å². The van der Waals surface area contributed by atoms with Gasteiger partial charge in [-0.1, -0.05) is 0 Å². The number of aliphatic hydroxyl groups excluding tert-OH is 4. The zero-order chi connectivity index (χ0) is 20.5. The average Bonchev–Trinajstić information content (AvgIpc) is 2.58. The molecule has 2 aliphatic heterocycles. The molecular formula is C15H25NO11. The highest BCUT2D eigenvalue weighted by atomic mass is 16.7. The topological polar surface area (TPSA) is 184 Å². The first kappa shape index (κ1) is 21.9. The molecule has 10 atom stereocenters. The Labute approximate surface area is 154 Å². The maximum absolute atomic E-state index is 11.4. The third kappa shape index (κ3) is 4.55. The smallest absolute Gasteiger partial charge is 0.335 e. The molecule has 0 bridgehead atoms. The summed E-state index contributed by atoms with van der Waals surface area (Å²) >= 11 is 0. The van der Waals surface area contributed by atoms with E-state index in [0.717, 1.165) is 7.11 Å². The molecule has 2 aliphatic rings. The van der Waals surface area contributed by atoms with Crippen LogP contribution in [-0.4, -0.2) is 106 Å². The maximum Gasteiger partial charge on any atom is 0.335 e. The van der Waals surface area contributed by atoms with Crippen molar-refractivity contribution in [3.05, 3.63) is 0 Å². The van der Waals surface area contributed by atoms with E-state index in [1.165, 1.54) is 13.8 Å². The molecule has 12 heteroatoms. The van der Waals surface area contributed by atoms with Gasteiger partial charge in [0, 0.05) is 14.0 Å². The van der Waals surface area contributed by atoms with Gasteiger partial charge in [0.25, 0.3) is 0 Å². The molecule has 0 aliphatic carbocycles. The van der Waals surface area contributed by atoms with Crippen molar-refractivity contribution in [3.8, 4) is 0 Å². The van der Waals surface area contributed by atoms with E-state index < -0.39 is 73.2 Å². The number of nitrogens with one attached hydrogen (secondary N) is 1. The standard InChI is InChI=1S/C15H25NO11/c1-4-7(18)10(6(14(23)25-4)16-5(2)17)26-15-9(20)8(19)11(24-3)12(27-15)13(21)22/h4,6-12,14-15,18-20,23H,1-3H3,(H,16,17)(H,21,22)/t4?,6?,7-,8?,9?,10?,11+,12?,14-,15-/m1/s1. The number of ether oxygens (including phenoxy) is 4. The Hall–Kier alpha value is -1.38. The largest absolute Gasteiger partial charge is 0.479 e. The molecule has 0 spiro atoms. The lowest BCUT2D eigenvalue weighted by molar-refractivity contribution is -0.335. The third-order valence-electron chi connectivity index (χ3n) is 4.55. The van der Waals surface area contributed by atoms with Crippen molar-refractivity contribution in [1.82, 2.24) is 5.32 Å². The Kier molecular flexibility index (Phi) is 7.10. The molecule has 0 saturated carbocycles. The van der Waals surface area contributed by atoms with Crippen LogP contribution in [0.25, 0.3) is 0 Å². The second kappa shape index (κ2) is 8.75. The lowest BCUT2D eigenvalue weighted by Gasteiger charge is -2.46. The number of aliphatic hydroxyl groups is 4. The normalized spacial score (nSPS) is 45.3. The zero-order valence-corrected chi connectivity index (χ0v) is 15.0. The summed E-state index contributed by atoms with van der Waals surface area (Å²) in [5.41, 5.74) is 0. The van der Waals surface area contributed by atoms with Gasteiger partial charge >= 0.3 is 5.97 Å². The van der Waals surface area contributed by atoms with Gasteiger partial charge in [-0.2, -0.15) is 0 Å². The summed E-state index contributed by atoms with van der Waals surface area (Å²) < 4.78 is 20.7. The zero-order valence-electron chi connectivity index (χ0n) is 15.0. The summed E-state index contributed by atoms with van der Waals surface area (Å²) in [5, 5.41) is 52.4. The minimum Gasteiger partial charge on any atom is -0.479 e. The molecule has 2 saturated heterocycles. The van der Waals surface area contributed by atoms with Gasteiger partial charge in [0.1, 0.15) is 36.6 Å². The number of methoxy groups -OCH3 is 1. The molecule has 0 aromatic heterocycles. The summed E-state index contributed by atoms with van der Waals surface area (Å²) in [6, 6.07) is -1.23. The van der Waals surface area contributed by atoms with Crippen LogP contribution in [0.4, 0.5) is 0 Å². The van der Waals surface area contributed by atoms with Crippen LogP contribution in [0.2, 0.25) is 0 Å². The molecule has 1 amide bonds. The highest BCUT2D eigenvalue weighted by molar-refractivity contribution is 5.73. The molecule has 2 heterocycles. The van der Waals surface area contributed by atoms with Crippen molar-refractivity contribution in [2.45, 2.75) is 75.2 Å². The number of amides is 1. The third-order valence-corrected chi connectivity index (χ3v) is 4.55. The van der Waals surface area contributed by atoms with E-state index in [-0.39, 0.29) is 0 Å². The van der Waals surface area contributed by atoms with Gasteiger partial charge in [-0.3, -0.25) is 4.79 Å². The Morgan fingerprint density at radius 3 is 2.15 bits per heavy atom. The number of carboxylic acids is 1. The molecular weight excluding hydrogens is 370 g/mol. The quantitative estimate of drug-likeness (QED) is 0.272. The number of hydrogen-bond acceptors (Lipinski definition) is 10. The summed E-state index contributed by atoms with van der Waals surface area (Å²) in [5.74, 6) is -2.01. The first-order valence-electron chi connectivity index (χ1n) is 8.29. The van der Waals surface area contributed by atoms with Crippen LogP contribution in [0.1, 0.15) is 13.8 Å². The Morgan fingerprint density at radius 2 is 1.63 bits per heavy atom. The monoisotopic (exact) mass is 395 g/mol. The van der Waals surface area contributed by atoms with Gasteiger partial charge in [0.15, 0.2) is 18.7 Å². The van der Waals surface area contributed by atoms with Crippen LogP contribution >= 0.6 is 0 Å². The average molecular weight is 395 g/mol. The van der Waals surface area contributed by atoms with Crippen molar-refractivity contribution >= 4 is 11.9 Å². The van der Waals surface area contributed by atoms with Crippen molar-refractivity contribution in [2.75, 3.05) is 7.11 Å². The molecule has 27 heavy (non-hydrogen) atoms. The van der Waals surface area contributed by atoms with Crippen LogP contribution in [0.3, 0.4) is 0 Å². The highest BCUT2D eigenvalue weighted by Gasteiger charge is 2.52. The summed E-state index contributed by atoms with van der Waals surface area (Å²) in [6.45, 7) is 2.62. The van der Waals surface area contributed by atoms with Gasteiger partial charge < -0.3 is 49.8 Å². The van der Waals surface area contributed by atoms with Gasteiger partial charge in [-0.05, 0) is 6.92 Å². The number of carbonyl (C=O) groups is 2. The number of hydrogen-bond donors (Lipinski definition) is 6. The molecule has 6 N–H and O–H groups in total. The van der Waals surface area contributed by atoms with E-state index in [1.807, 2.05) is 0 Å². The predicted octanol–water partition coefficient (Wildman–Crippen LogP) is -3.48. The van der Waals surface area contributed by atoms with Crippen molar-refractivity contribution in [1.29, 1.82) is 0 Å². The second-order valence-corrected chi connectivity index (χ2v) is 6.49. The SMILES string of the molecule is CO[C@@H]1C(C(=O)O)O[C@@H](OC2C(NC(C)=O)[C@H](O)OC(C)[C@H]2O)C(O)C1O. The van der Waals surface area contributed by atoms with Crippen LogP contribution in [0.15, 0.2) is 0 Å². The van der Waals surface area contributed by atoms with Crippen molar-refractivity contribution in [3.63, 3.8) is 0 Å². The van der Waals surface area contributed by atoms with Gasteiger partial charge in [-0.15, -0.1) is 0 Å².